The SMILES string of the molecule is CSCCC(NC(=O)C(Cc1ccccc1)NC(=O)C(C)N)C(=O)NC(CC(C)C)C(=O)O. The molecule has 0 saturated heterocycles. The Morgan fingerprint density at radius 3 is 1.97 bits per heavy atom. The molecule has 0 fully saturated rings. The number of carbonyl (C=O) groups excluding carboxylic acids is 3. The van der Waals surface area contributed by atoms with Crippen molar-refractivity contribution >= 4 is 35.5 Å². The molecule has 10 heteroatoms. The van der Waals surface area contributed by atoms with Gasteiger partial charge in [0.05, 0.1) is 6.04 Å². The number of carbonyl (C=O) groups is 4. The van der Waals surface area contributed by atoms with Crippen LogP contribution in [0.1, 0.15) is 39.2 Å². The van der Waals surface area contributed by atoms with E-state index in [1.807, 2.05) is 50.4 Å². The fraction of sp³-hybridized carbons (Fsp3) is 0.565. The quantitative estimate of drug-likeness (QED) is 0.266. The minimum Gasteiger partial charge on any atom is -0.480 e. The van der Waals surface area contributed by atoms with E-state index in [1.165, 1.54) is 18.7 Å². The van der Waals surface area contributed by atoms with E-state index in [2.05, 4.69) is 16.0 Å². The molecular weight excluding hydrogens is 444 g/mol. The average molecular weight is 481 g/mol. The second-order valence-corrected chi connectivity index (χ2v) is 9.40. The minimum absolute atomic E-state index is 0.0642. The van der Waals surface area contributed by atoms with Crippen molar-refractivity contribution in [1.82, 2.24) is 16.0 Å². The highest BCUT2D eigenvalue weighted by Crippen LogP contribution is 2.09. The summed E-state index contributed by atoms with van der Waals surface area (Å²) in [5, 5.41) is 17.3. The Labute approximate surface area is 199 Å². The topological polar surface area (TPSA) is 151 Å². The van der Waals surface area contributed by atoms with Gasteiger partial charge in [0.2, 0.25) is 17.7 Å². The molecule has 0 aliphatic heterocycles. The van der Waals surface area contributed by atoms with Gasteiger partial charge in [0.25, 0.3) is 0 Å². The molecular formula is C23H36N4O5S. The van der Waals surface area contributed by atoms with Crippen molar-refractivity contribution in [2.75, 3.05) is 12.0 Å². The monoisotopic (exact) mass is 480 g/mol. The standard InChI is InChI=1S/C23H36N4O5S/c1-14(2)12-19(23(31)32)27-21(29)17(10-11-33-4)25-22(30)18(26-20(28)15(3)24)13-16-8-6-5-7-9-16/h5-9,14-15,17-19H,10-13,24H2,1-4H3,(H,25,30)(H,26,28)(H,27,29)(H,31,32). The largest absolute Gasteiger partial charge is 0.480 e. The summed E-state index contributed by atoms with van der Waals surface area (Å²) in [6, 6.07) is 5.42. The van der Waals surface area contributed by atoms with Crippen LogP contribution in [0.15, 0.2) is 30.3 Å². The van der Waals surface area contributed by atoms with Gasteiger partial charge in [-0.15, -0.1) is 0 Å². The summed E-state index contributed by atoms with van der Waals surface area (Å²) >= 11 is 1.50. The zero-order chi connectivity index (χ0) is 25.0. The van der Waals surface area contributed by atoms with Crippen molar-refractivity contribution in [2.24, 2.45) is 11.7 Å². The van der Waals surface area contributed by atoms with Crippen LogP contribution in [0.4, 0.5) is 0 Å². The first-order valence-corrected chi connectivity index (χ1v) is 12.4. The first-order valence-electron chi connectivity index (χ1n) is 11.0. The summed E-state index contributed by atoms with van der Waals surface area (Å²) < 4.78 is 0. The fourth-order valence-corrected chi connectivity index (χ4v) is 3.58. The molecule has 6 N–H and O–H groups in total. The molecule has 0 bridgehead atoms. The van der Waals surface area contributed by atoms with Crippen LogP contribution in [0.2, 0.25) is 0 Å². The smallest absolute Gasteiger partial charge is 0.326 e. The fourth-order valence-electron chi connectivity index (χ4n) is 3.10. The maximum Gasteiger partial charge on any atom is 0.326 e. The number of aliphatic carboxylic acids is 1. The first-order chi connectivity index (χ1) is 15.5. The molecule has 0 aromatic heterocycles. The van der Waals surface area contributed by atoms with Crippen molar-refractivity contribution in [3.05, 3.63) is 35.9 Å². The Hall–Kier alpha value is -2.59. The van der Waals surface area contributed by atoms with E-state index < -0.39 is 47.9 Å². The van der Waals surface area contributed by atoms with Crippen LogP contribution >= 0.6 is 11.8 Å². The highest BCUT2D eigenvalue weighted by molar-refractivity contribution is 7.98. The van der Waals surface area contributed by atoms with Gasteiger partial charge in [0, 0.05) is 6.42 Å². The lowest BCUT2D eigenvalue weighted by Crippen LogP contribution is -2.57. The third kappa shape index (κ3) is 10.7. The van der Waals surface area contributed by atoms with Gasteiger partial charge in [0.15, 0.2) is 0 Å². The van der Waals surface area contributed by atoms with Crippen molar-refractivity contribution in [3.63, 3.8) is 0 Å². The van der Waals surface area contributed by atoms with Crippen LogP contribution in [-0.2, 0) is 25.6 Å². The Kier molecular flexibility index (Phi) is 12.5. The molecule has 0 radical (unpaired) electrons. The number of nitrogens with two attached hydrogens (primary N) is 1. The molecule has 0 heterocycles. The lowest BCUT2D eigenvalue weighted by atomic mass is 10.0. The van der Waals surface area contributed by atoms with Crippen molar-refractivity contribution in [2.45, 2.75) is 64.2 Å². The number of thioether (sulfide) groups is 1. The molecule has 33 heavy (non-hydrogen) atoms. The highest BCUT2D eigenvalue weighted by atomic mass is 32.2. The third-order valence-electron chi connectivity index (χ3n) is 4.89. The van der Waals surface area contributed by atoms with Crippen LogP contribution in [0.3, 0.4) is 0 Å². The molecule has 1 rings (SSSR count). The Morgan fingerprint density at radius 2 is 1.45 bits per heavy atom. The predicted molar refractivity (Wildman–Crippen MR) is 130 cm³/mol. The van der Waals surface area contributed by atoms with Crippen LogP contribution in [0.5, 0.6) is 0 Å². The van der Waals surface area contributed by atoms with Gasteiger partial charge < -0.3 is 26.8 Å². The summed E-state index contributed by atoms with van der Waals surface area (Å²) in [6.07, 6.45) is 2.67. The number of benzene rings is 1. The molecule has 4 atom stereocenters. The van der Waals surface area contributed by atoms with Crippen LogP contribution in [-0.4, -0.2) is 65.0 Å². The van der Waals surface area contributed by atoms with E-state index in [0.29, 0.717) is 12.2 Å². The predicted octanol–water partition coefficient (Wildman–Crippen LogP) is 0.915. The van der Waals surface area contributed by atoms with Crippen LogP contribution in [0, 0.1) is 5.92 Å². The number of amides is 3. The van der Waals surface area contributed by atoms with E-state index in [0.717, 1.165) is 5.56 Å². The molecule has 1 aromatic rings. The number of hydrogen-bond acceptors (Lipinski definition) is 6. The summed E-state index contributed by atoms with van der Waals surface area (Å²) in [5.41, 5.74) is 6.48. The normalized spacial score (nSPS) is 14.6. The molecule has 184 valence electrons. The minimum atomic E-state index is -1.13. The number of nitrogens with one attached hydrogen (secondary N) is 3. The first kappa shape index (κ1) is 28.4. The lowest BCUT2D eigenvalue weighted by Gasteiger charge is -2.25. The van der Waals surface area contributed by atoms with Gasteiger partial charge in [-0.3, -0.25) is 14.4 Å². The number of carboxylic acids is 1. The average Bonchev–Trinajstić information content (AvgIpc) is 2.75. The van der Waals surface area contributed by atoms with Gasteiger partial charge in [-0.1, -0.05) is 44.2 Å². The van der Waals surface area contributed by atoms with Crippen molar-refractivity contribution < 1.29 is 24.3 Å². The summed E-state index contributed by atoms with van der Waals surface area (Å²) in [4.78, 5) is 49.8. The molecule has 9 nitrogen and oxygen atoms in total. The molecule has 0 aliphatic carbocycles. The van der Waals surface area contributed by atoms with Gasteiger partial charge in [-0.2, -0.15) is 11.8 Å². The second-order valence-electron chi connectivity index (χ2n) is 8.41. The molecule has 3 amide bonds. The number of rotatable bonds is 14. The van der Waals surface area contributed by atoms with Crippen LogP contribution in [0.25, 0.3) is 0 Å². The van der Waals surface area contributed by atoms with Crippen LogP contribution < -0.4 is 21.7 Å². The van der Waals surface area contributed by atoms with E-state index in [4.69, 9.17) is 5.73 Å². The Balaban J connectivity index is 3.02. The summed E-state index contributed by atoms with van der Waals surface area (Å²) in [6.45, 7) is 5.25. The number of hydrogen-bond donors (Lipinski definition) is 5. The maximum atomic E-state index is 13.1. The zero-order valence-electron chi connectivity index (χ0n) is 19.7. The molecule has 0 saturated carbocycles. The van der Waals surface area contributed by atoms with E-state index in [-0.39, 0.29) is 18.8 Å². The van der Waals surface area contributed by atoms with Gasteiger partial charge >= 0.3 is 5.97 Å². The van der Waals surface area contributed by atoms with Crippen molar-refractivity contribution in [1.29, 1.82) is 0 Å². The maximum absolute atomic E-state index is 13.1. The number of carboxylic acid groups (broad SMARTS) is 1. The van der Waals surface area contributed by atoms with E-state index in [1.54, 1.807) is 0 Å². The van der Waals surface area contributed by atoms with Gasteiger partial charge in [-0.05, 0) is 43.3 Å². The lowest BCUT2D eigenvalue weighted by molar-refractivity contribution is -0.142. The second kappa shape index (κ2) is 14.5. The summed E-state index contributed by atoms with van der Waals surface area (Å²) in [7, 11) is 0. The molecule has 4 unspecified atom stereocenters. The Bertz CT molecular complexity index is 788. The van der Waals surface area contributed by atoms with E-state index >= 15 is 0 Å². The van der Waals surface area contributed by atoms with Crippen molar-refractivity contribution in [3.8, 4) is 0 Å². The Morgan fingerprint density at radius 1 is 0.909 bits per heavy atom. The van der Waals surface area contributed by atoms with Gasteiger partial charge in [0.1, 0.15) is 18.1 Å². The zero-order valence-corrected chi connectivity index (χ0v) is 20.5. The van der Waals surface area contributed by atoms with Gasteiger partial charge in [-0.25, -0.2) is 4.79 Å². The third-order valence-corrected chi connectivity index (χ3v) is 5.54. The highest BCUT2D eigenvalue weighted by Gasteiger charge is 2.30. The summed E-state index contributed by atoms with van der Waals surface area (Å²) in [5.74, 6) is -2.07. The molecule has 0 spiro atoms. The molecule has 1 aromatic carbocycles. The molecule has 0 aliphatic rings. The van der Waals surface area contributed by atoms with E-state index in [9.17, 15) is 24.3 Å².